The van der Waals surface area contributed by atoms with E-state index in [0.29, 0.717) is 0 Å². The summed E-state index contributed by atoms with van der Waals surface area (Å²) < 4.78 is 62.1. The second-order valence-electron chi connectivity index (χ2n) is 4.93. The van der Waals surface area contributed by atoms with Gasteiger partial charge in [-0.05, 0) is 24.3 Å². The molecule has 0 fully saturated rings. The second-order valence-corrected chi connectivity index (χ2v) is 7.87. The summed E-state index contributed by atoms with van der Waals surface area (Å²) in [5.74, 6) is -0.0261. The van der Waals surface area contributed by atoms with Crippen LogP contribution in [-0.2, 0) is 20.2 Å². The average molecular weight is 364 g/mol. The molecule has 124 valence electrons. The maximum Gasteiger partial charge on any atom is 0.339 e. The van der Waals surface area contributed by atoms with E-state index in [1.807, 2.05) is 0 Å². The summed E-state index contributed by atoms with van der Waals surface area (Å²) in [5, 5.41) is 0.424. The van der Waals surface area contributed by atoms with Gasteiger partial charge in [0.05, 0.1) is 0 Å². The van der Waals surface area contributed by atoms with Gasteiger partial charge in [0.25, 0.3) is 10.1 Å². The van der Waals surface area contributed by atoms with Crippen molar-refractivity contribution in [3.05, 3.63) is 66.7 Å². The van der Waals surface area contributed by atoms with Crippen molar-refractivity contribution in [3.63, 3.8) is 0 Å². The van der Waals surface area contributed by atoms with Crippen molar-refractivity contribution in [3.8, 4) is 5.75 Å². The molecule has 0 saturated heterocycles. The molecular weight excluding hydrogens is 352 g/mol. The predicted octanol–water partition coefficient (Wildman–Crippen LogP) is 2.85. The van der Waals surface area contributed by atoms with Crippen LogP contribution in [0.15, 0.2) is 76.5 Å². The van der Waals surface area contributed by atoms with Crippen LogP contribution in [0.3, 0.4) is 0 Å². The van der Waals surface area contributed by atoms with Gasteiger partial charge in [0.15, 0.2) is 5.75 Å². The Kier molecular flexibility index (Phi) is 4.04. The minimum Gasteiger partial charge on any atom is -0.378 e. The smallest absolute Gasteiger partial charge is 0.339 e. The highest BCUT2D eigenvalue weighted by atomic mass is 32.2. The molecule has 0 aromatic heterocycles. The molecule has 0 unspecified atom stereocenters. The zero-order valence-corrected chi connectivity index (χ0v) is 13.8. The quantitative estimate of drug-likeness (QED) is 0.565. The highest BCUT2D eigenvalue weighted by Crippen LogP contribution is 2.31. The fraction of sp³-hybridized carbons (Fsp3) is 0. The first kappa shape index (κ1) is 16.4. The van der Waals surface area contributed by atoms with Crippen LogP contribution in [-0.4, -0.2) is 21.4 Å². The van der Waals surface area contributed by atoms with E-state index in [2.05, 4.69) is 0 Å². The van der Waals surface area contributed by atoms with Crippen LogP contribution in [0.5, 0.6) is 5.75 Å². The van der Waals surface area contributed by atoms with Gasteiger partial charge in [-0.25, -0.2) is 0 Å². The minimum absolute atomic E-state index is 0.0204. The SMILES string of the molecule is O=S(=O)(O)c1cccc2c(OS(=O)(=O)c3ccccc3)cccc12. The van der Waals surface area contributed by atoms with Crippen LogP contribution in [0, 0.1) is 0 Å². The highest BCUT2D eigenvalue weighted by molar-refractivity contribution is 7.87. The summed E-state index contributed by atoms with van der Waals surface area (Å²) in [7, 11) is -8.51. The molecular formula is C16H12O6S2. The molecule has 0 amide bonds. The largest absolute Gasteiger partial charge is 0.378 e. The predicted molar refractivity (Wildman–Crippen MR) is 88.0 cm³/mol. The van der Waals surface area contributed by atoms with Crippen molar-refractivity contribution in [2.24, 2.45) is 0 Å². The second kappa shape index (κ2) is 5.90. The van der Waals surface area contributed by atoms with Gasteiger partial charge in [-0.2, -0.15) is 16.8 Å². The first-order valence-corrected chi connectivity index (χ1v) is 9.63. The molecule has 0 heterocycles. The molecule has 8 heteroatoms. The molecule has 0 aliphatic rings. The van der Waals surface area contributed by atoms with Crippen LogP contribution in [0.4, 0.5) is 0 Å². The lowest BCUT2D eigenvalue weighted by atomic mass is 10.1. The van der Waals surface area contributed by atoms with Crippen LogP contribution < -0.4 is 4.18 Å². The molecule has 3 rings (SSSR count). The normalized spacial score (nSPS) is 12.2. The van der Waals surface area contributed by atoms with Crippen molar-refractivity contribution in [2.45, 2.75) is 9.79 Å². The molecule has 24 heavy (non-hydrogen) atoms. The van der Waals surface area contributed by atoms with Crippen molar-refractivity contribution < 1.29 is 25.6 Å². The van der Waals surface area contributed by atoms with Gasteiger partial charge in [0.2, 0.25) is 0 Å². The van der Waals surface area contributed by atoms with Gasteiger partial charge in [0, 0.05) is 10.8 Å². The monoisotopic (exact) mass is 364 g/mol. The Morgan fingerprint density at radius 1 is 0.708 bits per heavy atom. The van der Waals surface area contributed by atoms with E-state index in [1.165, 1.54) is 48.5 Å². The van der Waals surface area contributed by atoms with Crippen molar-refractivity contribution >= 4 is 31.0 Å². The molecule has 6 nitrogen and oxygen atoms in total. The maximum absolute atomic E-state index is 12.3. The molecule has 0 spiro atoms. The van der Waals surface area contributed by atoms with Crippen molar-refractivity contribution in [2.75, 3.05) is 0 Å². The lowest BCUT2D eigenvalue weighted by molar-refractivity contribution is 0.484. The third-order valence-corrected chi connectivity index (χ3v) is 5.51. The van der Waals surface area contributed by atoms with E-state index < -0.39 is 20.2 Å². The van der Waals surface area contributed by atoms with Crippen LogP contribution in [0.2, 0.25) is 0 Å². The molecule has 0 atom stereocenters. The van der Waals surface area contributed by atoms with Crippen LogP contribution in [0.1, 0.15) is 0 Å². The summed E-state index contributed by atoms with van der Waals surface area (Å²) in [6.07, 6.45) is 0. The lowest BCUT2D eigenvalue weighted by Crippen LogP contribution is -2.10. The first-order valence-electron chi connectivity index (χ1n) is 6.78. The molecule has 1 N–H and O–H groups in total. The van der Waals surface area contributed by atoms with Gasteiger partial charge in [-0.1, -0.05) is 42.5 Å². The zero-order valence-electron chi connectivity index (χ0n) is 12.2. The third-order valence-electron chi connectivity index (χ3n) is 3.35. The fourth-order valence-electron chi connectivity index (χ4n) is 2.30. The Hall–Kier alpha value is -2.42. The molecule has 3 aromatic rings. The minimum atomic E-state index is -4.45. The molecule has 3 aromatic carbocycles. The number of benzene rings is 3. The number of hydrogen-bond acceptors (Lipinski definition) is 5. The van der Waals surface area contributed by atoms with E-state index in [9.17, 15) is 21.4 Å². The Labute approximate surface area is 139 Å². The van der Waals surface area contributed by atoms with Gasteiger partial charge in [-0.3, -0.25) is 4.55 Å². The maximum atomic E-state index is 12.3. The number of fused-ring (bicyclic) bond motifs is 1. The fourth-order valence-corrected chi connectivity index (χ4v) is 3.98. The summed E-state index contributed by atoms with van der Waals surface area (Å²) in [5.41, 5.74) is 0. The first-order chi connectivity index (χ1) is 11.3. The highest BCUT2D eigenvalue weighted by Gasteiger charge is 2.20. The summed E-state index contributed by atoms with van der Waals surface area (Å²) in [6, 6.07) is 16.1. The molecule has 0 aliphatic carbocycles. The Bertz CT molecular complexity index is 1100. The standard InChI is InChI=1S/C16H12O6S2/c17-23(18,19)16-11-5-8-13-14(16)9-4-10-15(13)22-24(20,21)12-6-2-1-3-7-12/h1-11H,(H,17,18,19). The van der Waals surface area contributed by atoms with Crippen molar-refractivity contribution in [1.29, 1.82) is 0 Å². The van der Waals surface area contributed by atoms with E-state index in [0.717, 1.165) is 0 Å². The van der Waals surface area contributed by atoms with Crippen molar-refractivity contribution in [1.82, 2.24) is 0 Å². The summed E-state index contributed by atoms with van der Waals surface area (Å²) in [6.45, 7) is 0. The summed E-state index contributed by atoms with van der Waals surface area (Å²) >= 11 is 0. The van der Waals surface area contributed by atoms with Crippen LogP contribution in [0.25, 0.3) is 10.8 Å². The van der Waals surface area contributed by atoms with E-state index in [1.54, 1.807) is 18.2 Å². The van der Waals surface area contributed by atoms with Gasteiger partial charge in [-0.15, -0.1) is 0 Å². The Morgan fingerprint density at radius 2 is 1.33 bits per heavy atom. The van der Waals surface area contributed by atoms with Gasteiger partial charge >= 0.3 is 10.1 Å². The topological polar surface area (TPSA) is 97.7 Å². The molecule has 0 radical (unpaired) electrons. The third kappa shape index (κ3) is 3.12. The number of rotatable bonds is 4. The summed E-state index contributed by atoms with van der Waals surface area (Å²) in [4.78, 5) is -0.338. The zero-order chi connectivity index (χ0) is 17.4. The molecule has 0 saturated carbocycles. The van der Waals surface area contributed by atoms with E-state index in [4.69, 9.17) is 4.18 Å². The van der Waals surface area contributed by atoms with Gasteiger partial charge in [0.1, 0.15) is 9.79 Å². The molecule has 0 aliphatic heterocycles. The Morgan fingerprint density at radius 3 is 2.00 bits per heavy atom. The van der Waals surface area contributed by atoms with Crippen LogP contribution >= 0.6 is 0 Å². The van der Waals surface area contributed by atoms with Gasteiger partial charge < -0.3 is 4.18 Å². The van der Waals surface area contributed by atoms with E-state index >= 15 is 0 Å². The molecule has 0 bridgehead atoms. The lowest BCUT2D eigenvalue weighted by Gasteiger charge is -2.11. The number of hydrogen-bond donors (Lipinski definition) is 1. The Balaban J connectivity index is 2.15. The average Bonchev–Trinajstić information content (AvgIpc) is 2.54. The van der Waals surface area contributed by atoms with E-state index in [-0.39, 0.29) is 26.3 Å².